The maximum absolute atomic E-state index is 12.9. The summed E-state index contributed by atoms with van der Waals surface area (Å²) in [5, 5.41) is 0. The highest BCUT2D eigenvalue weighted by Gasteiger charge is 2.19. The van der Waals surface area contributed by atoms with E-state index >= 15 is 0 Å². The molecule has 0 heterocycles. The fourth-order valence-electron chi connectivity index (χ4n) is 8.29. The van der Waals surface area contributed by atoms with Crippen LogP contribution in [0.25, 0.3) is 0 Å². The molecular weight excluding hydrogens is 901 g/mol. The molecular formula is C67H112O6. The molecule has 416 valence electrons. The van der Waals surface area contributed by atoms with Crippen molar-refractivity contribution >= 4 is 17.9 Å². The Hall–Kier alpha value is -3.93. The minimum absolute atomic E-state index is 0.101. The van der Waals surface area contributed by atoms with Crippen LogP contribution >= 0.6 is 0 Å². The summed E-state index contributed by atoms with van der Waals surface area (Å²) in [6.45, 7) is 6.38. The predicted octanol–water partition coefficient (Wildman–Crippen LogP) is 20.7. The van der Waals surface area contributed by atoms with Crippen molar-refractivity contribution in [1.82, 2.24) is 0 Å². The normalized spacial score (nSPS) is 12.9. The quantitative estimate of drug-likeness (QED) is 0.0261. The van der Waals surface area contributed by atoms with Crippen molar-refractivity contribution in [3.8, 4) is 0 Å². The molecule has 0 saturated carbocycles. The van der Waals surface area contributed by atoms with Gasteiger partial charge >= 0.3 is 17.9 Å². The molecule has 0 aliphatic rings. The number of ether oxygens (including phenoxy) is 3. The van der Waals surface area contributed by atoms with Crippen LogP contribution in [0.2, 0.25) is 0 Å². The fourth-order valence-corrected chi connectivity index (χ4v) is 8.29. The third kappa shape index (κ3) is 58.8. The zero-order valence-corrected chi connectivity index (χ0v) is 47.6. The Morgan fingerprint density at radius 1 is 0.288 bits per heavy atom. The highest BCUT2D eigenvalue weighted by molar-refractivity contribution is 5.71. The maximum Gasteiger partial charge on any atom is 0.306 e. The van der Waals surface area contributed by atoms with Crippen molar-refractivity contribution in [3.05, 3.63) is 109 Å². The van der Waals surface area contributed by atoms with Crippen molar-refractivity contribution in [3.63, 3.8) is 0 Å². The summed E-state index contributed by atoms with van der Waals surface area (Å²) in [6, 6.07) is 0. The molecule has 0 aromatic rings. The van der Waals surface area contributed by atoms with Gasteiger partial charge in [0, 0.05) is 19.3 Å². The summed E-state index contributed by atoms with van der Waals surface area (Å²) in [7, 11) is 0. The Labute approximate surface area is 450 Å². The lowest BCUT2D eigenvalue weighted by molar-refractivity contribution is -0.167. The molecule has 73 heavy (non-hydrogen) atoms. The van der Waals surface area contributed by atoms with Crippen molar-refractivity contribution in [2.24, 2.45) is 0 Å². The maximum atomic E-state index is 12.9. The molecule has 0 bridgehead atoms. The Morgan fingerprint density at radius 3 is 0.877 bits per heavy atom. The van der Waals surface area contributed by atoms with Crippen LogP contribution in [0.4, 0.5) is 0 Å². The van der Waals surface area contributed by atoms with Crippen molar-refractivity contribution in [2.45, 2.75) is 284 Å². The molecule has 0 fully saturated rings. The summed E-state index contributed by atoms with van der Waals surface area (Å²) >= 11 is 0. The SMILES string of the molecule is CC/C=C\C/C=C\C/C=C\C/C=C\C/C=C\CCCC(=O)OC(COC(=O)CCCCCCCCCCCC/C=C\C/C=C\C/C=C\C/C=C\CC)COC(=O)CCCCCCCCCCCCCCCCC. The van der Waals surface area contributed by atoms with E-state index in [1.165, 1.54) is 128 Å². The summed E-state index contributed by atoms with van der Waals surface area (Å²) in [5.41, 5.74) is 0. The summed E-state index contributed by atoms with van der Waals surface area (Å²) in [5.74, 6) is -0.958. The Kier molecular flexibility index (Phi) is 57.4. The molecule has 0 rings (SSSR count). The molecule has 0 aromatic carbocycles. The van der Waals surface area contributed by atoms with E-state index in [9.17, 15) is 14.4 Å². The number of esters is 3. The van der Waals surface area contributed by atoms with E-state index in [0.29, 0.717) is 19.3 Å². The first-order valence-electron chi connectivity index (χ1n) is 30.4. The molecule has 0 saturated heterocycles. The largest absolute Gasteiger partial charge is 0.462 e. The van der Waals surface area contributed by atoms with Gasteiger partial charge in [-0.25, -0.2) is 0 Å². The number of hydrogen-bond donors (Lipinski definition) is 0. The molecule has 6 nitrogen and oxygen atoms in total. The summed E-state index contributed by atoms with van der Waals surface area (Å²) in [4.78, 5) is 38.2. The van der Waals surface area contributed by atoms with Gasteiger partial charge in [-0.15, -0.1) is 0 Å². The number of unbranched alkanes of at least 4 members (excludes halogenated alkanes) is 25. The van der Waals surface area contributed by atoms with Crippen LogP contribution in [0, 0.1) is 0 Å². The van der Waals surface area contributed by atoms with E-state index in [1.807, 2.05) is 0 Å². The lowest BCUT2D eigenvalue weighted by atomic mass is 10.0. The lowest BCUT2D eigenvalue weighted by Gasteiger charge is -2.18. The smallest absolute Gasteiger partial charge is 0.306 e. The number of hydrogen-bond acceptors (Lipinski definition) is 6. The zero-order chi connectivity index (χ0) is 52.9. The Balaban J connectivity index is 4.43. The molecule has 0 spiro atoms. The van der Waals surface area contributed by atoms with Gasteiger partial charge in [0.25, 0.3) is 0 Å². The van der Waals surface area contributed by atoms with Gasteiger partial charge in [-0.2, -0.15) is 0 Å². The molecule has 0 aliphatic carbocycles. The number of carbonyl (C=O) groups excluding carboxylic acids is 3. The van der Waals surface area contributed by atoms with E-state index in [0.717, 1.165) is 103 Å². The van der Waals surface area contributed by atoms with Gasteiger partial charge in [0.05, 0.1) is 0 Å². The monoisotopic (exact) mass is 1010 g/mol. The van der Waals surface area contributed by atoms with Crippen LogP contribution in [-0.4, -0.2) is 37.2 Å². The Bertz CT molecular complexity index is 1490. The van der Waals surface area contributed by atoms with Gasteiger partial charge in [-0.05, 0) is 96.3 Å². The second kappa shape index (κ2) is 60.6. The van der Waals surface area contributed by atoms with Gasteiger partial charge in [-0.3, -0.25) is 14.4 Å². The van der Waals surface area contributed by atoms with Crippen molar-refractivity contribution in [1.29, 1.82) is 0 Å². The van der Waals surface area contributed by atoms with E-state index < -0.39 is 6.10 Å². The first kappa shape index (κ1) is 69.1. The van der Waals surface area contributed by atoms with Crippen LogP contribution in [0.1, 0.15) is 278 Å². The van der Waals surface area contributed by atoms with Crippen LogP contribution in [0.3, 0.4) is 0 Å². The van der Waals surface area contributed by atoms with Gasteiger partial charge < -0.3 is 14.2 Å². The van der Waals surface area contributed by atoms with Crippen LogP contribution in [-0.2, 0) is 28.6 Å². The first-order chi connectivity index (χ1) is 36.0. The van der Waals surface area contributed by atoms with Crippen molar-refractivity contribution in [2.75, 3.05) is 13.2 Å². The average Bonchev–Trinajstić information content (AvgIpc) is 3.39. The first-order valence-corrected chi connectivity index (χ1v) is 30.4. The zero-order valence-electron chi connectivity index (χ0n) is 47.6. The predicted molar refractivity (Wildman–Crippen MR) is 316 cm³/mol. The van der Waals surface area contributed by atoms with Gasteiger partial charge in [0.15, 0.2) is 6.10 Å². The van der Waals surface area contributed by atoms with E-state index in [-0.39, 0.29) is 37.5 Å². The Morgan fingerprint density at radius 2 is 0.548 bits per heavy atom. The highest BCUT2D eigenvalue weighted by Crippen LogP contribution is 2.16. The molecule has 0 radical (unpaired) electrons. The van der Waals surface area contributed by atoms with Crippen LogP contribution in [0.5, 0.6) is 0 Å². The second-order valence-electron chi connectivity index (χ2n) is 19.9. The minimum Gasteiger partial charge on any atom is -0.462 e. The van der Waals surface area contributed by atoms with E-state index in [1.54, 1.807) is 0 Å². The van der Waals surface area contributed by atoms with Crippen molar-refractivity contribution < 1.29 is 28.6 Å². The molecule has 0 aromatic heterocycles. The highest BCUT2D eigenvalue weighted by atomic mass is 16.6. The third-order valence-corrected chi connectivity index (χ3v) is 12.8. The fraction of sp³-hybridized carbons (Fsp3) is 0.687. The van der Waals surface area contributed by atoms with Crippen LogP contribution in [0.15, 0.2) is 109 Å². The minimum atomic E-state index is -0.810. The lowest BCUT2D eigenvalue weighted by Crippen LogP contribution is -2.30. The molecule has 1 atom stereocenters. The number of rotatable bonds is 54. The van der Waals surface area contributed by atoms with Gasteiger partial charge in [-0.1, -0.05) is 271 Å². The average molecular weight is 1010 g/mol. The molecule has 0 aliphatic heterocycles. The molecule has 6 heteroatoms. The number of carbonyl (C=O) groups is 3. The van der Waals surface area contributed by atoms with Crippen LogP contribution < -0.4 is 0 Å². The number of allylic oxidation sites excluding steroid dienone is 18. The molecule has 0 amide bonds. The second-order valence-corrected chi connectivity index (χ2v) is 19.9. The molecule has 0 N–H and O–H groups in total. The third-order valence-electron chi connectivity index (χ3n) is 12.8. The van der Waals surface area contributed by atoms with Gasteiger partial charge in [0.2, 0.25) is 0 Å². The van der Waals surface area contributed by atoms with E-state index in [4.69, 9.17) is 14.2 Å². The molecule has 1 unspecified atom stereocenters. The topological polar surface area (TPSA) is 78.9 Å². The summed E-state index contributed by atoms with van der Waals surface area (Å²) in [6.07, 6.45) is 82.3. The van der Waals surface area contributed by atoms with E-state index in [2.05, 4.69) is 130 Å². The summed E-state index contributed by atoms with van der Waals surface area (Å²) < 4.78 is 16.9. The standard InChI is InChI=1S/C67H112O6/c1-4-7-10-13-16-19-22-25-28-30-31-32-33-34-35-37-39-42-45-48-51-54-57-60-66(69)72-63-64(62-71-65(68)59-56-53-50-47-44-41-38-27-24-21-18-15-12-9-6-3)73-67(70)61-58-55-52-49-46-43-40-36-29-26-23-20-17-14-11-8-5-2/h7-8,10-11,16-17,19-20,25-26,28-29,31-32,40,43,49,52,64H,4-6,9,12-15,18,21-24,27,30,33-39,41-42,44-48,50-51,53-63H2,1-3H3/b10-7-,11-8-,19-16-,20-17-,28-25-,29-26-,32-31-,43-40-,52-49-. The van der Waals surface area contributed by atoms with Gasteiger partial charge in [0.1, 0.15) is 13.2 Å².